The Kier molecular flexibility index (Phi) is 5.45. The number of carbonyl (C=O) groups excluding carboxylic acids is 2. The van der Waals surface area contributed by atoms with E-state index in [2.05, 4.69) is 30.3 Å². The molecule has 1 aromatic carbocycles. The first kappa shape index (κ1) is 16.2. The van der Waals surface area contributed by atoms with Gasteiger partial charge in [-0.2, -0.15) is 0 Å². The number of carbonyl (C=O) groups is 2. The van der Waals surface area contributed by atoms with Gasteiger partial charge in [-0.1, -0.05) is 12.1 Å². The number of rotatable bonds is 5. The number of hydrogen-bond acceptors (Lipinski definition) is 7. The molecular formula is C15H16N4O4. The van der Waals surface area contributed by atoms with Crippen molar-refractivity contribution in [3.05, 3.63) is 47.7 Å². The monoisotopic (exact) mass is 316 g/mol. The van der Waals surface area contributed by atoms with Crippen LogP contribution in [0, 0.1) is 0 Å². The number of anilines is 2. The fourth-order valence-corrected chi connectivity index (χ4v) is 1.71. The van der Waals surface area contributed by atoms with Gasteiger partial charge in [0.25, 0.3) is 0 Å². The van der Waals surface area contributed by atoms with Crippen molar-refractivity contribution in [2.24, 2.45) is 0 Å². The highest BCUT2D eigenvalue weighted by Gasteiger charge is 2.07. The molecule has 0 aliphatic carbocycles. The smallest absolute Gasteiger partial charge is 0.411 e. The standard InChI is InChI=1S/C15H16N4O4/c1-22-14(20)12-7-8-13(19-18-12)16-9-10-3-5-11(6-4-10)17-15(21)23-2/h3-8H,9H2,1-2H3,(H,16,19)(H,17,21). The Hall–Kier alpha value is -3.16. The zero-order chi connectivity index (χ0) is 16.7. The first-order valence-electron chi connectivity index (χ1n) is 6.72. The third kappa shape index (κ3) is 4.67. The molecule has 0 saturated carbocycles. The van der Waals surface area contributed by atoms with E-state index in [1.807, 2.05) is 12.1 Å². The molecule has 1 heterocycles. The topological polar surface area (TPSA) is 102 Å². The molecule has 0 radical (unpaired) electrons. The number of esters is 1. The predicted octanol–water partition coefficient (Wildman–Crippen LogP) is 2.05. The van der Waals surface area contributed by atoms with E-state index in [0.29, 0.717) is 18.1 Å². The largest absolute Gasteiger partial charge is 0.464 e. The van der Waals surface area contributed by atoms with E-state index in [1.165, 1.54) is 20.3 Å². The molecule has 8 nitrogen and oxygen atoms in total. The van der Waals surface area contributed by atoms with Crippen molar-refractivity contribution in [2.45, 2.75) is 6.54 Å². The van der Waals surface area contributed by atoms with Crippen LogP contribution in [0.3, 0.4) is 0 Å². The van der Waals surface area contributed by atoms with E-state index >= 15 is 0 Å². The van der Waals surface area contributed by atoms with Gasteiger partial charge < -0.3 is 14.8 Å². The molecule has 1 amide bonds. The van der Waals surface area contributed by atoms with Gasteiger partial charge in [0.1, 0.15) is 5.82 Å². The zero-order valence-corrected chi connectivity index (χ0v) is 12.7. The lowest BCUT2D eigenvalue weighted by Gasteiger charge is -2.07. The van der Waals surface area contributed by atoms with Crippen molar-refractivity contribution in [2.75, 3.05) is 24.9 Å². The number of methoxy groups -OCH3 is 2. The molecule has 120 valence electrons. The molecule has 23 heavy (non-hydrogen) atoms. The van der Waals surface area contributed by atoms with Gasteiger partial charge in [0.15, 0.2) is 5.69 Å². The normalized spacial score (nSPS) is 9.83. The fourth-order valence-electron chi connectivity index (χ4n) is 1.71. The van der Waals surface area contributed by atoms with Crippen molar-refractivity contribution in [3.63, 3.8) is 0 Å². The van der Waals surface area contributed by atoms with Crippen LogP contribution in [0.4, 0.5) is 16.3 Å². The molecule has 0 bridgehead atoms. The molecule has 2 aromatic rings. The maximum Gasteiger partial charge on any atom is 0.411 e. The van der Waals surface area contributed by atoms with Gasteiger partial charge in [-0.05, 0) is 29.8 Å². The summed E-state index contributed by atoms with van der Waals surface area (Å²) in [4.78, 5) is 22.3. The van der Waals surface area contributed by atoms with Gasteiger partial charge in [0, 0.05) is 12.2 Å². The van der Waals surface area contributed by atoms with Crippen molar-refractivity contribution >= 4 is 23.6 Å². The quantitative estimate of drug-likeness (QED) is 0.814. The molecule has 0 unspecified atom stereocenters. The van der Waals surface area contributed by atoms with E-state index in [9.17, 15) is 9.59 Å². The Morgan fingerprint density at radius 2 is 1.74 bits per heavy atom. The number of benzene rings is 1. The summed E-state index contributed by atoms with van der Waals surface area (Å²) in [5.74, 6) is 0.00663. The highest BCUT2D eigenvalue weighted by atomic mass is 16.5. The summed E-state index contributed by atoms with van der Waals surface area (Å²) in [6.07, 6.45) is -0.517. The summed E-state index contributed by atoms with van der Waals surface area (Å²) < 4.78 is 9.07. The molecular weight excluding hydrogens is 300 g/mol. The molecule has 0 spiro atoms. The molecule has 0 aliphatic heterocycles. The molecule has 2 rings (SSSR count). The van der Waals surface area contributed by atoms with Gasteiger partial charge in [-0.15, -0.1) is 10.2 Å². The Bertz CT molecular complexity index is 671. The maximum absolute atomic E-state index is 11.3. The van der Waals surface area contributed by atoms with Crippen molar-refractivity contribution in [1.29, 1.82) is 0 Å². The molecule has 2 N–H and O–H groups in total. The van der Waals surface area contributed by atoms with Crippen molar-refractivity contribution in [3.8, 4) is 0 Å². The summed E-state index contributed by atoms with van der Waals surface area (Å²) in [6, 6.07) is 10.4. The Balaban J connectivity index is 1.90. The number of nitrogens with zero attached hydrogens (tertiary/aromatic N) is 2. The Labute approximate surface area is 132 Å². The van der Waals surface area contributed by atoms with Crippen molar-refractivity contribution in [1.82, 2.24) is 10.2 Å². The van der Waals surface area contributed by atoms with E-state index in [0.717, 1.165) is 5.56 Å². The molecule has 0 fully saturated rings. The average molecular weight is 316 g/mol. The first-order chi connectivity index (χ1) is 11.1. The average Bonchev–Trinajstić information content (AvgIpc) is 2.60. The maximum atomic E-state index is 11.3. The van der Waals surface area contributed by atoms with E-state index in [-0.39, 0.29) is 5.69 Å². The minimum absolute atomic E-state index is 0.149. The van der Waals surface area contributed by atoms with Crippen LogP contribution < -0.4 is 10.6 Å². The van der Waals surface area contributed by atoms with Crippen LogP contribution in [0.15, 0.2) is 36.4 Å². The van der Waals surface area contributed by atoms with Crippen LogP contribution >= 0.6 is 0 Å². The zero-order valence-electron chi connectivity index (χ0n) is 12.7. The number of ether oxygens (including phenoxy) is 2. The van der Waals surface area contributed by atoms with E-state index in [1.54, 1.807) is 18.2 Å². The molecule has 8 heteroatoms. The van der Waals surface area contributed by atoms with Gasteiger partial charge in [-0.3, -0.25) is 5.32 Å². The lowest BCUT2D eigenvalue weighted by atomic mass is 10.2. The van der Waals surface area contributed by atoms with Gasteiger partial charge in [0.05, 0.1) is 14.2 Å². The number of hydrogen-bond donors (Lipinski definition) is 2. The van der Waals surface area contributed by atoms with Crippen LogP contribution in [0.5, 0.6) is 0 Å². The summed E-state index contributed by atoms with van der Waals surface area (Å²) in [7, 11) is 2.59. The van der Waals surface area contributed by atoms with Gasteiger partial charge >= 0.3 is 12.1 Å². The SMILES string of the molecule is COC(=O)Nc1ccc(CNc2ccc(C(=O)OC)nn2)cc1. The second-order valence-electron chi connectivity index (χ2n) is 4.46. The van der Waals surface area contributed by atoms with Crippen LogP contribution in [0.25, 0.3) is 0 Å². The molecule has 0 atom stereocenters. The lowest BCUT2D eigenvalue weighted by molar-refractivity contribution is 0.0592. The fraction of sp³-hybridized carbons (Fsp3) is 0.200. The van der Waals surface area contributed by atoms with Crippen LogP contribution in [0.2, 0.25) is 0 Å². The third-order valence-electron chi connectivity index (χ3n) is 2.92. The third-order valence-corrected chi connectivity index (χ3v) is 2.92. The summed E-state index contributed by atoms with van der Waals surface area (Å²) in [5.41, 5.74) is 1.78. The molecule has 0 aliphatic rings. The van der Waals surface area contributed by atoms with Crippen LogP contribution in [-0.2, 0) is 16.0 Å². The Morgan fingerprint density at radius 1 is 1.00 bits per heavy atom. The number of amides is 1. The Morgan fingerprint density at radius 3 is 2.30 bits per heavy atom. The predicted molar refractivity (Wildman–Crippen MR) is 83.2 cm³/mol. The van der Waals surface area contributed by atoms with Crippen molar-refractivity contribution < 1.29 is 19.1 Å². The second kappa shape index (κ2) is 7.74. The molecule has 0 saturated heterocycles. The highest BCUT2D eigenvalue weighted by molar-refractivity contribution is 5.87. The minimum atomic E-state index is -0.530. The summed E-state index contributed by atoms with van der Waals surface area (Å²) >= 11 is 0. The van der Waals surface area contributed by atoms with Gasteiger partial charge in [0.2, 0.25) is 0 Å². The van der Waals surface area contributed by atoms with Gasteiger partial charge in [-0.25, -0.2) is 9.59 Å². The first-order valence-corrected chi connectivity index (χ1v) is 6.72. The number of aromatic nitrogens is 2. The minimum Gasteiger partial charge on any atom is -0.464 e. The van der Waals surface area contributed by atoms with E-state index in [4.69, 9.17) is 0 Å². The highest BCUT2D eigenvalue weighted by Crippen LogP contribution is 2.11. The lowest BCUT2D eigenvalue weighted by Crippen LogP contribution is -2.11. The number of nitrogens with one attached hydrogen (secondary N) is 2. The second-order valence-corrected chi connectivity index (χ2v) is 4.46. The van der Waals surface area contributed by atoms with Crippen LogP contribution in [-0.4, -0.2) is 36.5 Å². The molecule has 1 aromatic heterocycles. The van der Waals surface area contributed by atoms with E-state index < -0.39 is 12.1 Å². The van der Waals surface area contributed by atoms with Crippen LogP contribution in [0.1, 0.15) is 16.1 Å². The summed E-state index contributed by atoms with van der Waals surface area (Å²) in [6.45, 7) is 0.519. The summed E-state index contributed by atoms with van der Waals surface area (Å²) in [5, 5.41) is 13.3.